The number of aromatic nitrogens is 1. The second-order valence-corrected chi connectivity index (χ2v) is 4.85. The smallest absolute Gasteiger partial charge is 0.169 e. The van der Waals surface area contributed by atoms with E-state index in [1.54, 1.807) is 11.3 Å². The molecule has 1 unspecified atom stereocenters. The first-order valence-electron chi connectivity index (χ1n) is 5.46. The van der Waals surface area contributed by atoms with Crippen molar-refractivity contribution in [1.29, 1.82) is 0 Å². The molecule has 1 aliphatic rings. The molecule has 1 aromatic heterocycles. The summed E-state index contributed by atoms with van der Waals surface area (Å²) in [5, 5.41) is 2.99. The third-order valence-corrected chi connectivity index (χ3v) is 3.99. The second-order valence-electron chi connectivity index (χ2n) is 3.96. The van der Waals surface area contributed by atoms with E-state index in [4.69, 9.17) is 0 Å². The number of likely N-dealkylation sites (N-methyl/N-ethyl adjacent to an activating group) is 1. The summed E-state index contributed by atoms with van der Waals surface area (Å²) in [6.07, 6.45) is 3.29. The van der Waals surface area contributed by atoms with Crippen LogP contribution in [0.2, 0.25) is 0 Å². The van der Waals surface area contributed by atoms with Gasteiger partial charge in [-0.3, -0.25) is 4.79 Å². The minimum Gasteiger partial charge on any atom is -0.303 e. The fourth-order valence-electron chi connectivity index (χ4n) is 2.09. The van der Waals surface area contributed by atoms with E-state index in [9.17, 15) is 4.79 Å². The Kier molecular flexibility index (Phi) is 3.49. The second kappa shape index (κ2) is 4.86. The van der Waals surface area contributed by atoms with E-state index in [0.717, 1.165) is 24.4 Å². The lowest BCUT2D eigenvalue weighted by atomic mass is 9.99. The van der Waals surface area contributed by atoms with Gasteiger partial charge in [0, 0.05) is 17.8 Å². The normalized spacial score (nSPS) is 22.9. The van der Waals surface area contributed by atoms with Crippen LogP contribution in [-0.2, 0) is 0 Å². The number of likely N-dealkylation sites (tertiary alicyclic amines) is 1. The van der Waals surface area contributed by atoms with Crippen molar-refractivity contribution >= 4 is 17.6 Å². The van der Waals surface area contributed by atoms with Crippen LogP contribution in [0.1, 0.15) is 41.2 Å². The summed E-state index contributed by atoms with van der Waals surface area (Å²) in [6.45, 7) is 5.62. The lowest BCUT2D eigenvalue weighted by Crippen LogP contribution is -2.34. The third-order valence-electron chi connectivity index (χ3n) is 2.96. The third kappa shape index (κ3) is 2.44. The highest BCUT2D eigenvalue weighted by molar-refractivity contribution is 7.09. The molecule has 0 radical (unpaired) electrons. The molecule has 82 valence electrons. The molecule has 2 heterocycles. The fourth-order valence-corrected chi connectivity index (χ4v) is 2.98. The average molecular weight is 224 g/mol. The Morgan fingerprint density at radius 2 is 2.60 bits per heavy atom. The number of rotatable bonds is 3. The minimum atomic E-state index is 0.539. The van der Waals surface area contributed by atoms with Crippen molar-refractivity contribution in [3.63, 3.8) is 0 Å². The SMILES string of the molecule is CCN1CCCC(c2nc(C=O)cs2)C1. The summed E-state index contributed by atoms with van der Waals surface area (Å²) in [5.41, 5.74) is 0.587. The molecule has 0 aromatic carbocycles. The number of thiazole rings is 1. The Labute approximate surface area is 94.1 Å². The van der Waals surface area contributed by atoms with Crippen LogP contribution in [0.5, 0.6) is 0 Å². The van der Waals surface area contributed by atoms with E-state index in [2.05, 4.69) is 16.8 Å². The van der Waals surface area contributed by atoms with Crippen LogP contribution in [0, 0.1) is 0 Å². The van der Waals surface area contributed by atoms with Crippen LogP contribution in [0.3, 0.4) is 0 Å². The van der Waals surface area contributed by atoms with Crippen LogP contribution >= 0.6 is 11.3 Å². The van der Waals surface area contributed by atoms with Crippen molar-refractivity contribution in [3.05, 3.63) is 16.1 Å². The van der Waals surface area contributed by atoms with E-state index in [0.29, 0.717) is 11.6 Å². The molecule has 2 rings (SSSR count). The maximum atomic E-state index is 10.6. The molecule has 0 amide bonds. The van der Waals surface area contributed by atoms with Crippen molar-refractivity contribution in [3.8, 4) is 0 Å². The largest absolute Gasteiger partial charge is 0.303 e. The molecular weight excluding hydrogens is 208 g/mol. The molecule has 1 fully saturated rings. The average Bonchev–Trinajstić information content (AvgIpc) is 2.78. The first-order chi connectivity index (χ1) is 7.33. The van der Waals surface area contributed by atoms with Gasteiger partial charge >= 0.3 is 0 Å². The van der Waals surface area contributed by atoms with Crippen LogP contribution < -0.4 is 0 Å². The van der Waals surface area contributed by atoms with Crippen molar-refractivity contribution in [2.45, 2.75) is 25.7 Å². The Hall–Kier alpha value is -0.740. The molecule has 1 aliphatic heterocycles. The van der Waals surface area contributed by atoms with Gasteiger partial charge in [-0.1, -0.05) is 6.92 Å². The highest BCUT2D eigenvalue weighted by Gasteiger charge is 2.22. The van der Waals surface area contributed by atoms with Crippen LogP contribution in [-0.4, -0.2) is 35.8 Å². The number of nitrogens with zero attached hydrogens (tertiary/aromatic N) is 2. The van der Waals surface area contributed by atoms with Gasteiger partial charge in [0.05, 0.1) is 5.01 Å². The Morgan fingerprint density at radius 1 is 1.73 bits per heavy atom. The van der Waals surface area contributed by atoms with Crippen LogP contribution in [0.15, 0.2) is 5.38 Å². The number of piperidine rings is 1. The van der Waals surface area contributed by atoms with Gasteiger partial charge in [0.2, 0.25) is 0 Å². The number of carbonyl (C=O) groups is 1. The molecule has 0 N–H and O–H groups in total. The van der Waals surface area contributed by atoms with Crippen molar-refractivity contribution in [1.82, 2.24) is 9.88 Å². The number of hydrogen-bond donors (Lipinski definition) is 0. The molecule has 1 aromatic rings. The number of carbonyl (C=O) groups excluding carboxylic acids is 1. The van der Waals surface area contributed by atoms with Gasteiger partial charge in [-0.25, -0.2) is 4.98 Å². The molecule has 4 heteroatoms. The minimum absolute atomic E-state index is 0.539. The summed E-state index contributed by atoms with van der Waals surface area (Å²) < 4.78 is 0. The summed E-state index contributed by atoms with van der Waals surface area (Å²) >= 11 is 1.62. The van der Waals surface area contributed by atoms with E-state index in [-0.39, 0.29) is 0 Å². The number of hydrogen-bond acceptors (Lipinski definition) is 4. The highest BCUT2D eigenvalue weighted by Crippen LogP contribution is 2.28. The van der Waals surface area contributed by atoms with Gasteiger partial charge in [-0.15, -0.1) is 11.3 Å². The maximum absolute atomic E-state index is 10.6. The first-order valence-corrected chi connectivity index (χ1v) is 6.34. The lowest BCUT2D eigenvalue weighted by Gasteiger charge is -2.30. The summed E-state index contributed by atoms with van der Waals surface area (Å²) in [7, 11) is 0. The zero-order valence-electron chi connectivity index (χ0n) is 8.98. The van der Waals surface area contributed by atoms with Crippen molar-refractivity contribution in [2.75, 3.05) is 19.6 Å². The molecular formula is C11H16N2OS. The van der Waals surface area contributed by atoms with Gasteiger partial charge in [0.25, 0.3) is 0 Å². The molecule has 1 saturated heterocycles. The van der Waals surface area contributed by atoms with Crippen molar-refractivity contribution in [2.24, 2.45) is 0 Å². The van der Waals surface area contributed by atoms with E-state index in [1.807, 2.05) is 5.38 Å². The summed E-state index contributed by atoms with van der Waals surface area (Å²) in [4.78, 5) is 17.4. The van der Waals surface area contributed by atoms with Crippen LogP contribution in [0.25, 0.3) is 0 Å². The molecule has 0 aliphatic carbocycles. The van der Waals surface area contributed by atoms with Gasteiger partial charge in [-0.2, -0.15) is 0 Å². The topological polar surface area (TPSA) is 33.2 Å². The van der Waals surface area contributed by atoms with E-state index >= 15 is 0 Å². The fraction of sp³-hybridized carbons (Fsp3) is 0.636. The zero-order chi connectivity index (χ0) is 10.7. The van der Waals surface area contributed by atoms with Crippen LogP contribution in [0.4, 0.5) is 0 Å². The Bertz CT molecular complexity index is 337. The van der Waals surface area contributed by atoms with Crippen molar-refractivity contribution < 1.29 is 4.79 Å². The molecule has 0 bridgehead atoms. The predicted octanol–water partition coefficient (Wildman–Crippen LogP) is 2.15. The zero-order valence-corrected chi connectivity index (χ0v) is 9.80. The molecule has 15 heavy (non-hydrogen) atoms. The predicted molar refractivity (Wildman–Crippen MR) is 61.6 cm³/mol. The number of aldehydes is 1. The molecule has 0 saturated carbocycles. The molecule has 0 spiro atoms. The van der Waals surface area contributed by atoms with Gasteiger partial charge < -0.3 is 4.90 Å². The standard InChI is InChI=1S/C11H16N2OS/c1-2-13-5-3-4-9(6-13)11-12-10(7-14)8-15-11/h7-9H,2-6H2,1H3. The summed E-state index contributed by atoms with van der Waals surface area (Å²) in [5.74, 6) is 0.539. The first kappa shape index (κ1) is 10.8. The van der Waals surface area contributed by atoms with E-state index in [1.165, 1.54) is 19.4 Å². The Morgan fingerprint density at radius 3 is 3.27 bits per heavy atom. The monoisotopic (exact) mass is 224 g/mol. The van der Waals surface area contributed by atoms with Gasteiger partial charge in [-0.05, 0) is 25.9 Å². The van der Waals surface area contributed by atoms with E-state index < -0.39 is 0 Å². The lowest BCUT2D eigenvalue weighted by molar-refractivity contribution is 0.111. The van der Waals surface area contributed by atoms with Gasteiger partial charge in [0.1, 0.15) is 5.69 Å². The molecule has 3 nitrogen and oxygen atoms in total. The summed E-state index contributed by atoms with van der Waals surface area (Å²) in [6, 6.07) is 0. The quantitative estimate of drug-likeness (QED) is 0.738. The maximum Gasteiger partial charge on any atom is 0.169 e. The molecule has 1 atom stereocenters. The highest BCUT2D eigenvalue weighted by atomic mass is 32.1. The Balaban J connectivity index is 2.06. The van der Waals surface area contributed by atoms with Gasteiger partial charge in [0.15, 0.2) is 6.29 Å².